The van der Waals surface area contributed by atoms with Crippen LogP contribution in [0.4, 0.5) is 43.9 Å². The smallest absolute Gasteiger partial charge is 0.226 e. The first-order valence-corrected chi connectivity index (χ1v) is 12.3. The van der Waals surface area contributed by atoms with E-state index in [2.05, 4.69) is 9.69 Å². The maximum absolute atomic E-state index is 15.1. The van der Waals surface area contributed by atoms with Crippen molar-refractivity contribution < 1.29 is 43.9 Å². The minimum atomic E-state index is -2.58. The van der Waals surface area contributed by atoms with Crippen LogP contribution in [0.2, 0.25) is 0 Å². The van der Waals surface area contributed by atoms with Crippen molar-refractivity contribution in [2.24, 2.45) is 0 Å². The second-order valence-corrected chi connectivity index (χ2v) is 9.45. The van der Waals surface area contributed by atoms with Crippen LogP contribution in [-0.4, -0.2) is 0 Å². The van der Waals surface area contributed by atoms with E-state index in [-0.39, 0.29) is 0 Å². The molecule has 0 amide bonds. The molecule has 0 unspecified atom stereocenters. The summed E-state index contributed by atoms with van der Waals surface area (Å²) in [4.78, 5) is 5.80. The van der Waals surface area contributed by atoms with E-state index >= 15 is 17.6 Å². The Bertz CT molecular complexity index is 2250. The first kappa shape index (κ1) is 32.3. The number of fused-ring (bicyclic) bond motifs is 2. The number of hydrogen-bond acceptors (Lipinski definition) is 4. The first-order chi connectivity index (χ1) is 22.8. The summed E-state index contributed by atoms with van der Waals surface area (Å²) in [5.74, 6) is -24.9. The van der Waals surface area contributed by atoms with Gasteiger partial charge in [0, 0.05) is 33.4 Å². The van der Waals surface area contributed by atoms with E-state index in [0.29, 0.717) is 0 Å². The Morgan fingerprint density at radius 3 is 0.958 bits per heavy atom. The number of nitriles is 4. The number of nitrogens with zero attached hydrogens (tertiary/aromatic N) is 6. The van der Waals surface area contributed by atoms with Gasteiger partial charge in [0.25, 0.3) is 11.4 Å². The van der Waals surface area contributed by atoms with Gasteiger partial charge in [-0.2, -0.15) is 10.5 Å². The van der Waals surface area contributed by atoms with Crippen molar-refractivity contribution in [3.8, 4) is 24.3 Å². The third kappa shape index (κ3) is 4.08. The molecule has 3 aromatic rings. The molecular formula is C32H2F10N6. The summed E-state index contributed by atoms with van der Waals surface area (Å²) in [7, 11) is 0. The maximum Gasteiger partial charge on any atom is 0.270 e. The molecular weight excluding hydrogens is 658 g/mol. The minimum Gasteiger partial charge on any atom is -0.226 e. The summed E-state index contributed by atoms with van der Waals surface area (Å²) in [6, 6.07) is 7.14. The molecule has 2 aliphatic rings. The van der Waals surface area contributed by atoms with Gasteiger partial charge < -0.3 is 0 Å². The summed E-state index contributed by atoms with van der Waals surface area (Å²) in [5.41, 5.74) is -13.9. The minimum absolute atomic E-state index is 0.566. The van der Waals surface area contributed by atoms with E-state index in [1.807, 2.05) is 0 Å². The van der Waals surface area contributed by atoms with Gasteiger partial charge in [0.15, 0.2) is 46.5 Å². The molecule has 3 aromatic carbocycles. The lowest BCUT2D eigenvalue weighted by molar-refractivity contribution is 0.376. The van der Waals surface area contributed by atoms with Crippen LogP contribution in [-0.2, 0) is 0 Å². The van der Waals surface area contributed by atoms with E-state index in [4.69, 9.17) is 13.1 Å². The van der Waals surface area contributed by atoms with Crippen LogP contribution in [0.5, 0.6) is 0 Å². The first-order valence-electron chi connectivity index (χ1n) is 12.3. The number of benzene rings is 3. The van der Waals surface area contributed by atoms with Crippen LogP contribution in [0.3, 0.4) is 0 Å². The largest absolute Gasteiger partial charge is 0.270 e. The molecule has 0 saturated carbocycles. The molecule has 0 atom stereocenters. The zero-order chi connectivity index (χ0) is 35.5. The molecule has 0 N–H and O–H groups in total. The molecule has 6 nitrogen and oxygen atoms in total. The summed E-state index contributed by atoms with van der Waals surface area (Å²) in [6.07, 6.45) is 0. The molecule has 230 valence electrons. The average Bonchev–Trinajstić information content (AvgIpc) is 3.56. The summed E-state index contributed by atoms with van der Waals surface area (Å²) < 4.78 is 146. The molecule has 0 aliphatic heterocycles. The molecule has 0 aromatic heterocycles. The second-order valence-electron chi connectivity index (χ2n) is 9.45. The van der Waals surface area contributed by atoms with Crippen LogP contribution in [0, 0.1) is 117 Å². The fourth-order valence-electron chi connectivity index (χ4n) is 5.36. The molecule has 2 aliphatic carbocycles. The lowest BCUT2D eigenvalue weighted by atomic mass is 9.91. The second kappa shape index (κ2) is 11.3. The molecule has 0 heterocycles. The number of halogens is 10. The van der Waals surface area contributed by atoms with Crippen LogP contribution in [0.25, 0.3) is 43.1 Å². The normalized spacial score (nSPS) is 15.1. The molecule has 16 heteroatoms. The molecule has 0 radical (unpaired) electrons. The highest BCUT2D eigenvalue weighted by atomic mass is 19.2. The Labute approximate surface area is 260 Å². The average molecular weight is 660 g/mol. The highest BCUT2D eigenvalue weighted by Crippen LogP contribution is 2.56. The van der Waals surface area contributed by atoms with Crippen molar-refractivity contribution in [1.29, 1.82) is 21.0 Å². The highest BCUT2D eigenvalue weighted by Gasteiger charge is 2.42. The topological polar surface area (TPSA) is 104 Å². The van der Waals surface area contributed by atoms with E-state index in [1.165, 1.54) is 24.3 Å². The third-order valence-corrected chi connectivity index (χ3v) is 7.29. The van der Waals surface area contributed by atoms with E-state index in [0.717, 1.165) is 12.1 Å². The third-order valence-electron chi connectivity index (χ3n) is 7.29. The van der Waals surface area contributed by atoms with Crippen LogP contribution >= 0.6 is 0 Å². The van der Waals surface area contributed by atoms with Crippen LogP contribution in [0.15, 0.2) is 23.5 Å². The molecule has 48 heavy (non-hydrogen) atoms. The maximum atomic E-state index is 15.1. The van der Waals surface area contributed by atoms with Gasteiger partial charge in [-0.1, -0.05) is 0 Å². The number of allylic oxidation sites excluding steroid dienone is 8. The van der Waals surface area contributed by atoms with Crippen molar-refractivity contribution in [2.45, 2.75) is 0 Å². The highest BCUT2D eigenvalue weighted by molar-refractivity contribution is 6.29. The van der Waals surface area contributed by atoms with Gasteiger partial charge >= 0.3 is 0 Å². The van der Waals surface area contributed by atoms with Gasteiger partial charge in [-0.3, -0.25) is 0 Å². The van der Waals surface area contributed by atoms with Crippen LogP contribution in [0.1, 0.15) is 33.4 Å². The zero-order valence-corrected chi connectivity index (χ0v) is 22.6. The van der Waals surface area contributed by atoms with Crippen molar-refractivity contribution in [2.75, 3.05) is 0 Å². The Morgan fingerprint density at radius 2 is 0.729 bits per heavy atom. The summed E-state index contributed by atoms with van der Waals surface area (Å²) in [6.45, 7) is 14.8. The van der Waals surface area contributed by atoms with Crippen molar-refractivity contribution in [1.82, 2.24) is 0 Å². The number of rotatable bonds is 2. The lowest BCUT2D eigenvalue weighted by Gasteiger charge is -2.13. The van der Waals surface area contributed by atoms with Gasteiger partial charge in [0.2, 0.25) is 11.6 Å². The Kier molecular flexibility index (Phi) is 7.62. The van der Waals surface area contributed by atoms with E-state index in [1.54, 1.807) is 0 Å². The Morgan fingerprint density at radius 1 is 0.458 bits per heavy atom. The lowest BCUT2D eigenvalue weighted by Crippen LogP contribution is -2.07. The zero-order valence-electron chi connectivity index (χ0n) is 22.6. The summed E-state index contributed by atoms with van der Waals surface area (Å²) >= 11 is 0. The van der Waals surface area contributed by atoms with E-state index < -0.39 is 136 Å². The predicted octanol–water partition coefficient (Wildman–Crippen LogP) is 8.28. The summed E-state index contributed by atoms with van der Waals surface area (Å²) in [5, 5.41) is 39.5. The quantitative estimate of drug-likeness (QED) is 0.0908. The van der Waals surface area contributed by atoms with Gasteiger partial charge in [-0.15, -0.1) is 0 Å². The SMILES string of the molecule is [C-]#[N+]/C(C#N)=C1\C(c2c(F)c(F)c(F)c(F)c2F)=C(C#N)c2cc3c(cc21)C(C#N)=C(c1c(F)c(F)c(F)c(F)c1F)/C3=C(\C#N)[N+]#[C-]. The fourth-order valence-corrected chi connectivity index (χ4v) is 5.36. The van der Waals surface area contributed by atoms with E-state index in [9.17, 15) is 47.4 Å². The standard InChI is InChI=1S/C32H2F10N6/c1-47-15(7-45)17-11-3-10-12(4-9(11)13(5-43)19(17)21-23(33)27(37)31(41)28(38)24(21)34)18(16(8-46)48-2)20(14(10)6-44)22-25(35)29(39)32(42)30(40)26(22)36/h3-4H/b17-15-,18-16+. The molecule has 0 bridgehead atoms. The Balaban J connectivity index is 2.02. The van der Waals surface area contributed by atoms with Crippen molar-refractivity contribution in [3.63, 3.8) is 0 Å². The van der Waals surface area contributed by atoms with Gasteiger partial charge in [0.05, 0.1) is 47.6 Å². The van der Waals surface area contributed by atoms with Gasteiger partial charge in [0.1, 0.15) is 12.1 Å². The molecule has 0 saturated heterocycles. The van der Waals surface area contributed by atoms with Crippen molar-refractivity contribution >= 4 is 33.4 Å². The monoisotopic (exact) mass is 660 g/mol. The van der Waals surface area contributed by atoms with Gasteiger partial charge in [-0.05, 0) is 23.3 Å². The molecule has 5 rings (SSSR count). The molecule has 0 spiro atoms. The molecule has 0 fully saturated rings. The Hall–Kier alpha value is -7.14. The fraction of sp³-hybridized carbons (Fsp3) is 0. The van der Waals surface area contributed by atoms with Crippen LogP contribution < -0.4 is 0 Å². The van der Waals surface area contributed by atoms with Gasteiger partial charge in [-0.25, -0.2) is 64.1 Å². The van der Waals surface area contributed by atoms with Crippen molar-refractivity contribution in [3.05, 3.63) is 138 Å². The number of hydrogen-bond donors (Lipinski definition) is 0. The predicted molar refractivity (Wildman–Crippen MR) is 142 cm³/mol.